The second-order valence-corrected chi connectivity index (χ2v) is 6.16. The minimum atomic E-state index is -0.795. The molecule has 0 radical (unpaired) electrons. The van der Waals surface area contributed by atoms with Crippen molar-refractivity contribution < 1.29 is 14.4 Å². The van der Waals surface area contributed by atoms with Gasteiger partial charge in [-0.3, -0.25) is 14.9 Å². The van der Waals surface area contributed by atoms with Crippen LogP contribution in [0.2, 0.25) is 5.02 Å². The van der Waals surface area contributed by atoms with Crippen LogP contribution in [0.5, 0.6) is 0 Å². The first-order chi connectivity index (χ1) is 11.9. The Morgan fingerprint density at radius 1 is 1.00 bits per heavy atom. The number of halogens is 1. The summed E-state index contributed by atoms with van der Waals surface area (Å²) in [6.45, 7) is 3.69. The fraction of sp³-hybridized carbons (Fsp3) is 0.105. The number of imide groups is 2. The van der Waals surface area contributed by atoms with Crippen molar-refractivity contribution in [2.24, 2.45) is 0 Å². The van der Waals surface area contributed by atoms with Crippen LogP contribution in [-0.2, 0) is 9.59 Å². The van der Waals surface area contributed by atoms with Crippen LogP contribution < -0.4 is 10.2 Å². The molecule has 0 spiro atoms. The van der Waals surface area contributed by atoms with Gasteiger partial charge in [0.15, 0.2) is 0 Å². The molecule has 1 fully saturated rings. The number of barbiturate groups is 1. The minimum Gasteiger partial charge on any atom is -0.273 e. The zero-order chi connectivity index (χ0) is 18.1. The second-order valence-electron chi connectivity index (χ2n) is 5.75. The monoisotopic (exact) mass is 354 g/mol. The summed E-state index contributed by atoms with van der Waals surface area (Å²) in [5.74, 6) is -1.40. The van der Waals surface area contributed by atoms with E-state index in [1.807, 2.05) is 32.0 Å². The van der Waals surface area contributed by atoms with Crippen LogP contribution in [0.3, 0.4) is 0 Å². The molecule has 2 aromatic rings. The predicted octanol–water partition coefficient (Wildman–Crippen LogP) is 3.62. The predicted molar refractivity (Wildman–Crippen MR) is 96.4 cm³/mol. The van der Waals surface area contributed by atoms with E-state index in [1.165, 1.54) is 12.1 Å². The number of nitrogens with zero attached hydrogens (tertiary/aromatic N) is 1. The van der Waals surface area contributed by atoms with Gasteiger partial charge in [0.05, 0.1) is 5.69 Å². The first-order valence-corrected chi connectivity index (χ1v) is 7.99. The maximum absolute atomic E-state index is 12.8. The van der Waals surface area contributed by atoms with E-state index in [2.05, 4.69) is 5.32 Å². The highest BCUT2D eigenvalue weighted by Crippen LogP contribution is 2.26. The molecule has 5 nitrogen and oxygen atoms in total. The normalized spacial score (nSPS) is 16.4. The van der Waals surface area contributed by atoms with E-state index in [4.69, 9.17) is 11.6 Å². The molecule has 1 aliphatic heterocycles. The summed E-state index contributed by atoms with van der Waals surface area (Å²) < 4.78 is 0. The number of anilines is 1. The summed E-state index contributed by atoms with van der Waals surface area (Å²) in [5, 5.41) is 2.63. The Hall–Kier alpha value is -2.92. The average Bonchev–Trinajstić information content (AvgIpc) is 2.56. The molecule has 6 heteroatoms. The number of aryl methyl sites for hydroxylation is 2. The molecule has 1 heterocycles. The number of nitrogens with one attached hydrogen (secondary N) is 1. The molecule has 1 aliphatic rings. The number of rotatable bonds is 2. The first-order valence-electron chi connectivity index (χ1n) is 7.61. The van der Waals surface area contributed by atoms with E-state index in [1.54, 1.807) is 18.2 Å². The fourth-order valence-corrected chi connectivity index (χ4v) is 2.69. The summed E-state index contributed by atoms with van der Waals surface area (Å²) in [7, 11) is 0. The van der Waals surface area contributed by atoms with E-state index in [-0.39, 0.29) is 5.57 Å². The van der Waals surface area contributed by atoms with Gasteiger partial charge in [-0.2, -0.15) is 0 Å². The molecule has 1 N–H and O–H groups in total. The lowest BCUT2D eigenvalue weighted by Gasteiger charge is -2.26. The zero-order valence-electron chi connectivity index (χ0n) is 13.7. The molecule has 0 aromatic heterocycles. The number of urea groups is 1. The van der Waals surface area contributed by atoms with Crippen LogP contribution >= 0.6 is 11.6 Å². The van der Waals surface area contributed by atoms with E-state index >= 15 is 0 Å². The van der Waals surface area contributed by atoms with Crippen LogP contribution in [0.15, 0.2) is 48.0 Å². The fourth-order valence-electron chi connectivity index (χ4n) is 2.52. The molecule has 3 rings (SSSR count). The Balaban J connectivity index is 2.05. The van der Waals surface area contributed by atoms with Crippen molar-refractivity contribution >= 4 is 41.2 Å². The first kappa shape index (κ1) is 16.9. The molecular formula is C19H15ClN2O3. The Morgan fingerprint density at radius 3 is 2.40 bits per heavy atom. The Bertz CT molecular complexity index is 934. The van der Waals surface area contributed by atoms with Crippen LogP contribution in [0.4, 0.5) is 10.5 Å². The number of amides is 4. The zero-order valence-corrected chi connectivity index (χ0v) is 14.4. The van der Waals surface area contributed by atoms with Crippen molar-refractivity contribution in [2.75, 3.05) is 4.90 Å². The Morgan fingerprint density at radius 2 is 1.72 bits per heavy atom. The number of benzene rings is 2. The summed E-state index contributed by atoms with van der Waals surface area (Å²) in [6.07, 6.45) is 1.49. The minimum absolute atomic E-state index is 0.106. The third kappa shape index (κ3) is 3.19. The van der Waals surface area contributed by atoms with E-state index in [0.29, 0.717) is 10.7 Å². The van der Waals surface area contributed by atoms with Gasteiger partial charge in [-0.15, -0.1) is 0 Å². The highest BCUT2D eigenvalue weighted by Gasteiger charge is 2.37. The van der Waals surface area contributed by atoms with Gasteiger partial charge < -0.3 is 0 Å². The van der Waals surface area contributed by atoms with Crippen LogP contribution in [0.1, 0.15) is 16.7 Å². The molecule has 0 saturated carbocycles. The number of carbonyl (C=O) groups is 3. The van der Waals surface area contributed by atoms with Gasteiger partial charge in [0.25, 0.3) is 11.8 Å². The van der Waals surface area contributed by atoms with Gasteiger partial charge in [-0.25, -0.2) is 9.69 Å². The SMILES string of the molecule is Cc1ccc(N2C(=O)NC(=O)C(=Cc3ccccc3C)C2=O)cc1Cl. The van der Waals surface area contributed by atoms with Crippen LogP contribution in [-0.4, -0.2) is 17.8 Å². The molecule has 0 unspecified atom stereocenters. The van der Waals surface area contributed by atoms with Crippen molar-refractivity contribution in [1.29, 1.82) is 0 Å². The third-order valence-corrected chi connectivity index (χ3v) is 4.41. The van der Waals surface area contributed by atoms with Gasteiger partial charge >= 0.3 is 6.03 Å². The van der Waals surface area contributed by atoms with Gasteiger partial charge in [0.1, 0.15) is 5.57 Å². The standard InChI is InChI=1S/C19H15ClN2O3/c1-11-5-3-4-6-13(11)9-15-17(23)21-19(25)22(18(15)24)14-8-7-12(2)16(20)10-14/h3-10H,1-2H3,(H,21,23,25). The maximum Gasteiger partial charge on any atom is 0.335 e. The average molecular weight is 355 g/mol. The molecule has 25 heavy (non-hydrogen) atoms. The quantitative estimate of drug-likeness (QED) is 0.661. The molecule has 1 saturated heterocycles. The summed E-state index contributed by atoms with van der Waals surface area (Å²) in [5.41, 5.74) is 2.67. The van der Waals surface area contributed by atoms with E-state index in [0.717, 1.165) is 21.6 Å². The van der Waals surface area contributed by atoms with E-state index < -0.39 is 17.8 Å². The smallest absolute Gasteiger partial charge is 0.273 e. The lowest BCUT2D eigenvalue weighted by Crippen LogP contribution is -2.54. The molecule has 2 aromatic carbocycles. The lowest BCUT2D eigenvalue weighted by molar-refractivity contribution is -0.122. The van der Waals surface area contributed by atoms with Gasteiger partial charge in [-0.05, 0) is 48.7 Å². The lowest BCUT2D eigenvalue weighted by atomic mass is 10.0. The highest BCUT2D eigenvalue weighted by atomic mass is 35.5. The summed E-state index contributed by atoms with van der Waals surface area (Å²) >= 11 is 6.09. The van der Waals surface area contributed by atoms with Gasteiger partial charge in [-0.1, -0.05) is 41.9 Å². The van der Waals surface area contributed by atoms with Crippen molar-refractivity contribution in [3.8, 4) is 0 Å². The highest BCUT2D eigenvalue weighted by molar-refractivity contribution is 6.39. The molecular weight excluding hydrogens is 340 g/mol. The molecule has 0 bridgehead atoms. The largest absolute Gasteiger partial charge is 0.335 e. The summed E-state index contributed by atoms with van der Waals surface area (Å²) in [6, 6.07) is 11.4. The molecule has 4 amide bonds. The van der Waals surface area contributed by atoms with Gasteiger partial charge in [0.2, 0.25) is 0 Å². The van der Waals surface area contributed by atoms with Crippen LogP contribution in [0.25, 0.3) is 6.08 Å². The topological polar surface area (TPSA) is 66.5 Å². The third-order valence-electron chi connectivity index (χ3n) is 4.00. The molecule has 126 valence electrons. The Kier molecular flexibility index (Phi) is 4.42. The second kappa shape index (κ2) is 6.53. The van der Waals surface area contributed by atoms with Crippen molar-refractivity contribution in [3.05, 3.63) is 69.8 Å². The number of hydrogen-bond acceptors (Lipinski definition) is 3. The van der Waals surface area contributed by atoms with Crippen molar-refractivity contribution in [1.82, 2.24) is 5.32 Å². The molecule has 0 atom stereocenters. The number of hydrogen-bond donors (Lipinski definition) is 1. The maximum atomic E-state index is 12.8. The van der Waals surface area contributed by atoms with Crippen LogP contribution in [0, 0.1) is 13.8 Å². The Labute approximate surface area is 149 Å². The molecule has 0 aliphatic carbocycles. The summed E-state index contributed by atoms with van der Waals surface area (Å²) in [4.78, 5) is 38.0. The van der Waals surface area contributed by atoms with Gasteiger partial charge in [0, 0.05) is 5.02 Å². The van der Waals surface area contributed by atoms with Crippen molar-refractivity contribution in [2.45, 2.75) is 13.8 Å². The number of carbonyl (C=O) groups excluding carboxylic acids is 3. The van der Waals surface area contributed by atoms with E-state index in [9.17, 15) is 14.4 Å². The van der Waals surface area contributed by atoms with Crippen molar-refractivity contribution in [3.63, 3.8) is 0 Å².